The van der Waals surface area contributed by atoms with Crippen LogP contribution in [0.3, 0.4) is 0 Å². The first-order valence-corrected chi connectivity index (χ1v) is 3.33. The maximum atomic E-state index is 8.07. The number of rotatable bonds is 1. The monoisotopic (exact) mass is 157 g/mol. The minimum absolute atomic E-state index is 0.0402. The van der Waals surface area contributed by atoms with E-state index in [1.807, 2.05) is 6.07 Å². The van der Waals surface area contributed by atoms with Crippen molar-refractivity contribution in [2.24, 2.45) is 16.5 Å². The van der Waals surface area contributed by atoms with Crippen LogP contribution in [0.2, 0.25) is 0 Å². The normalized spacial score (nSPS) is 7.90. The van der Waals surface area contributed by atoms with Gasteiger partial charge in [-0.1, -0.05) is 11.8 Å². The molecule has 0 aromatic rings. The van der Waals surface area contributed by atoms with E-state index in [4.69, 9.17) is 22.1 Å². The van der Waals surface area contributed by atoms with Gasteiger partial charge in [-0.3, -0.25) is 5.41 Å². The van der Waals surface area contributed by atoms with Crippen LogP contribution in [0, 0.1) is 16.7 Å². The van der Waals surface area contributed by atoms with Crippen molar-refractivity contribution in [3.05, 3.63) is 0 Å². The third-order valence-electron chi connectivity index (χ3n) is 0.504. The molecule has 0 rings (SSSR count). The summed E-state index contributed by atoms with van der Waals surface area (Å²) in [6, 6.07) is 1.84. The number of hydrogen-bond acceptors (Lipinski definition) is 3. The topological polar surface area (TPSA) is 112 Å². The number of aliphatic imine (C=N–C) groups is 1. The van der Waals surface area contributed by atoms with Gasteiger partial charge in [-0.25, -0.2) is 0 Å². The molecule has 0 aliphatic carbocycles. The Kier molecular flexibility index (Phi) is 4.07. The van der Waals surface area contributed by atoms with Gasteiger partial charge in [0.05, 0.1) is 11.8 Å². The van der Waals surface area contributed by atoms with Crippen molar-refractivity contribution in [1.82, 2.24) is 0 Å². The number of nitriles is 1. The lowest BCUT2D eigenvalue weighted by molar-refractivity contribution is 1.44. The second-order valence-electron chi connectivity index (χ2n) is 1.29. The van der Waals surface area contributed by atoms with E-state index in [1.165, 1.54) is 0 Å². The number of nitrogens with two attached hydrogens (primary N) is 2. The smallest absolute Gasteiger partial charge is 0.193 e. The van der Waals surface area contributed by atoms with Gasteiger partial charge in [-0.05, 0) is 0 Å². The Morgan fingerprint density at radius 2 is 2.30 bits per heavy atom. The van der Waals surface area contributed by atoms with E-state index in [9.17, 15) is 0 Å². The standard InChI is InChI=1S/C4H7N5S/c5-1-2-10-4(8)9-3(6)7/h2H2,(H5,6,7,8,9). The number of nitrogens with one attached hydrogen (secondary N) is 1. The molecule has 0 unspecified atom stereocenters. The second kappa shape index (κ2) is 4.64. The molecule has 0 aromatic carbocycles. The maximum absolute atomic E-state index is 8.07. The first-order chi connectivity index (χ1) is 4.66. The second-order valence-corrected chi connectivity index (χ2v) is 2.25. The highest BCUT2D eigenvalue weighted by Crippen LogP contribution is 2.00. The van der Waals surface area contributed by atoms with Crippen LogP contribution in [0.25, 0.3) is 0 Å². The largest absolute Gasteiger partial charge is 0.370 e. The summed E-state index contributed by atoms with van der Waals surface area (Å²) in [5.74, 6) is 0.0331. The molecule has 5 nitrogen and oxygen atoms in total. The quantitative estimate of drug-likeness (QED) is 0.350. The fourth-order valence-corrected chi connectivity index (χ4v) is 0.621. The van der Waals surface area contributed by atoms with Gasteiger partial charge in [0.1, 0.15) is 0 Å². The molecule has 6 heteroatoms. The highest BCUT2D eigenvalue weighted by Gasteiger charge is 1.92. The Morgan fingerprint density at radius 3 is 2.70 bits per heavy atom. The fraction of sp³-hybridized carbons (Fsp3) is 0.250. The van der Waals surface area contributed by atoms with E-state index in [2.05, 4.69) is 4.99 Å². The van der Waals surface area contributed by atoms with Gasteiger partial charge >= 0.3 is 0 Å². The van der Waals surface area contributed by atoms with Gasteiger partial charge in [0.15, 0.2) is 11.1 Å². The summed E-state index contributed by atoms with van der Waals surface area (Å²) in [4.78, 5) is 3.38. The summed E-state index contributed by atoms with van der Waals surface area (Å²) in [7, 11) is 0. The van der Waals surface area contributed by atoms with Crippen LogP contribution >= 0.6 is 11.8 Å². The summed E-state index contributed by atoms with van der Waals surface area (Å²) in [5.41, 5.74) is 9.91. The highest BCUT2D eigenvalue weighted by atomic mass is 32.2. The molecule has 0 saturated heterocycles. The van der Waals surface area contributed by atoms with Gasteiger partial charge in [-0.2, -0.15) is 10.3 Å². The van der Waals surface area contributed by atoms with Gasteiger partial charge in [0.2, 0.25) is 0 Å². The average molecular weight is 157 g/mol. The van der Waals surface area contributed by atoms with Gasteiger partial charge in [0.25, 0.3) is 0 Å². The molecular formula is C4H7N5S. The molecule has 0 aliphatic heterocycles. The Bertz CT molecular complexity index is 186. The predicted octanol–water partition coefficient (Wildman–Crippen LogP) is -0.549. The van der Waals surface area contributed by atoms with Crippen LogP contribution in [-0.4, -0.2) is 16.9 Å². The Hall–Kier alpha value is -1.22. The van der Waals surface area contributed by atoms with Crippen LogP contribution in [-0.2, 0) is 0 Å². The van der Waals surface area contributed by atoms with Crippen LogP contribution in [0.1, 0.15) is 0 Å². The number of hydrogen-bond donors (Lipinski definition) is 3. The Balaban J connectivity index is 3.68. The molecule has 54 valence electrons. The minimum atomic E-state index is -0.157. The van der Waals surface area contributed by atoms with E-state index in [0.717, 1.165) is 11.8 Å². The third-order valence-corrected chi connectivity index (χ3v) is 1.14. The fourth-order valence-electron chi connectivity index (χ4n) is 0.250. The minimum Gasteiger partial charge on any atom is -0.370 e. The zero-order chi connectivity index (χ0) is 7.98. The highest BCUT2D eigenvalue weighted by molar-refractivity contribution is 8.13. The number of guanidine groups is 1. The molecular weight excluding hydrogens is 150 g/mol. The molecule has 0 bridgehead atoms. The van der Waals surface area contributed by atoms with Crippen molar-refractivity contribution < 1.29 is 0 Å². The molecule has 0 amide bonds. The Morgan fingerprint density at radius 1 is 1.70 bits per heavy atom. The van der Waals surface area contributed by atoms with E-state index in [1.54, 1.807) is 0 Å². The van der Waals surface area contributed by atoms with Gasteiger partial charge < -0.3 is 11.5 Å². The lowest BCUT2D eigenvalue weighted by Crippen LogP contribution is -2.23. The maximum Gasteiger partial charge on any atom is 0.193 e. The molecule has 5 N–H and O–H groups in total. The SMILES string of the molecule is N#CCSC(=N)N=C(N)N. The van der Waals surface area contributed by atoms with Crippen molar-refractivity contribution in [3.8, 4) is 6.07 Å². The zero-order valence-electron chi connectivity index (χ0n) is 5.16. The average Bonchev–Trinajstić information content (AvgIpc) is 1.82. The molecule has 0 spiro atoms. The molecule has 0 aromatic heterocycles. The molecule has 0 heterocycles. The van der Waals surface area contributed by atoms with Crippen molar-refractivity contribution in [1.29, 1.82) is 10.7 Å². The van der Waals surface area contributed by atoms with E-state index in [0.29, 0.717) is 0 Å². The van der Waals surface area contributed by atoms with Crippen molar-refractivity contribution in [3.63, 3.8) is 0 Å². The summed E-state index contributed by atoms with van der Waals surface area (Å²) in [6.45, 7) is 0. The van der Waals surface area contributed by atoms with Crippen molar-refractivity contribution >= 4 is 22.9 Å². The van der Waals surface area contributed by atoms with Crippen molar-refractivity contribution in [2.45, 2.75) is 0 Å². The molecule has 0 atom stereocenters. The van der Waals surface area contributed by atoms with Crippen LogP contribution in [0.15, 0.2) is 4.99 Å². The van der Waals surface area contributed by atoms with Crippen LogP contribution < -0.4 is 11.5 Å². The van der Waals surface area contributed by atoms with Gasteiger partial charge in [0, 0.05) is 0 Å². The number of nitrogens with zero attached hydrogens (tertiary/aromatic N) is 2. The summed E-state index contributed by atoms with van der Waals surface area (Å²) in [6.07, 6.45) is 0. The first kappa shape index (κ1) is 8.78. The summed E-state index contributed by atoms with van der Waals surface area (Å²) < 4.78 is 0. The predicted molar refractivity (Wildman–Crippen MR) is 41.6 cm³/mol. The molecule has 0 aliphatic rings. The molecule has 0 saturated carbocycles. The lowest BCUT2D eigenvalue weighted by Gasteiger charge is -1.91. The van der Waals surface area contributed by atoms with Gasteiger partial charge in [-0.15, -0.1) is 0 Å². The Labute approximate surface area is 62.6 Å². The molecule has 0 radical (unpaired) electrons. The van der Waals surface area contributed by atoms with E-state index < -0.39 is 0 Å². The number of thioether (sulfide) groups is 1. The van der Waals surface area contributed by atoms with Crippen molar-refractivity contribution in [2.75, 3.05) is 5.75 Å². The van der Waals surface area contributed by atoms with E-state index in [-0.39, 0.29) is 16.9 Å². The van der Waals surface area contributed by atoms with E-state index >= 15 is 0 Å². The molecule has 0 fully saturated rings. The zero-order valence-corrected chi connectivity index (χ0v) is 5.98. The van der Waals surface area contributed by atoms with Crippen LogP contribution in [0.4, 0.5) is 0 Å². The third kappa shape index (κ3) is 4.93. The summed E-state index contributed by atoms with van der Waals surface area (Å²) in [5, 5.41) is 15.0. The van der Waals surface area contributed by atoms with Crippen LogP contribution in [0.5, 0.6) is 0 Å². The number of amidine groups is 1. The first-order valence-electron chi connectivity index (χ1n) is 2.34. The molecule has 10 heavy (non-hydrogen) atoms. The lowest BCUT2D eigenvalue weighted by atomic mass is 10.9. The summed E-state index contributed by atoms with van der Waals surface area (Å²) >= 11 is 0.979.